The molecule has 0 aliphatic heterocycles. The van der Waals surface area contributed by atoms with Crippen LogP contribution in [0.2, 0.25) is 0 Å². The number of amides is 1. The molecule has 0 bridgehead atoms. The molecule has 2 aromatic rings. The minimum atomic E-state index is -1.11. The molecule has 9 heteroatoms. The van der Waals surface area contributed by atoms with Crippen molar-refractivity contribution in [2.75, 3.05) is 19.4 Å². The lowest BCUT2D eigenvalue weighted by molar-refractivity contribution is -0.114. The Morgan fingerprint density at radius 3 is 2.61 bits per heavy atom. The van der Waals surface area contributed by atoms with Gasteiger partial charge in [0.05, 0.1) is 23.3 Å². The van der Waals surface area contributed by atoms with Gasteiger partial charge >= 0.3 is 6.09 Å². The highest BCUT2D eigenvalue weighted by Gasteiger charge is 2.19. The zero-order chi connectivity index (χ0) is 23.2. The Labute approximate surface area is 180 Å². The second-order valence-corrected chi connectivity index (χ2v) is 7.78. The Hall–Kier alpha value is -3.93. The highest BCUT2D eigenvalue weighted by Crippen LogP contribution is 2.23. The van der Waals surface area contributed by atoms with Crippen LogP contribution in [0.15, 0.2) is 47.3 Å². The molecule has 0 fully saturated rings. The van der Waals surface area contributed by atoms with Crippen LogP contribution >= 0.6 is 0 Å². The first-order valence-electron chi connectivity index (χ1n) is 9.34. The SMILES string of the molecule is CN(C)C=Nc1ccc(NC(=O)/C(F)=C/c2cccn2C(=O)OC(C)(C)C)cc1C#N. The number of nitrogens with zero attached hydrogens (tertiary/aromatic N) is 4. The number of carbonyl (C=O) groups excluding carboxylic acids is 2. The third kappa shape index (κ3) is 6.82. The molecule has 1 heterocycles. The molecule has 1 aromatic heterocycles. The predicted octanol–water partition coefficient (Wildman–Crippen LogP) is 4.31. The second kappa shape index (κ2) is 9.71. The normalized spacial score (nSPS) is 11.8. The van der Waals surface area contributed by atoms with Crippen molar-refractivity contribution in [3.05, 3.63) is 53.6 Å². The molecule has 0 unspecified atom stereocenters. The van der Waals surface area contributed by atoms with E-state index in [-0.39, 0.29) is 16.9 Å². The predicted molar refractivity (Wildman–Crippen MR) is 117 cm³/mol. The van der Waals surface area contributed by atoms with Gasteiger partial charge in [0, 0.05) is 32.1 Å². The lowest BCUT2D eigenvalue weighted by Gasteiger charge is -2.20. The lowest BCUT2D eigenvalue weighted by Crippen LogP contribution is -2.27. The van der Waals surface area contributed by atoms with Crippen LogP contribution in [-0.4, -0.2) is 47.5 Å². The summed E-state index contributed by atoms with van der Waals surface area (Å²) in [6.45, 7) is 5.14. The van der Waals surface area contributed by atoms with E-state index in [1.165, 1.54) is 36.8 Å². The molecule has 8 nitrogen and oxygen atoms in total. The van der Waals surface area contributed by atoms with Crippen LogP contribution in [0.4, 0.5) is 20.6 Å². The zero-order valence-electron chi connectivity index (χ0n) is 18.0. The number of carbonyl (C=O) groups is 2. The number of ether oxygens (including phenoxy) is 1. The summed E-state index contributed by atoms with van der Waals surface area (Å²) < 4.78 is 20.8. The van der Waals surface area contributed by atoms with Crippen molar-refractivity contribution in [2.24, 2.45) is 4.99 Å². The summed E-state index contributed by atoms with van der Waals surface area (Å²) in [5, 5.41) is 11.7. The van der Waals surface area contributed by atoms with E-state index in [0.717, 1.165) is 10.6 Å². The van der Waals surface area contributed by atoms with Crippen LogP contribution in [0.5, 0.6) is 0 Å². The van der Waals surface area contributed by atoms with E-state index in [4.69, 9.17) is 4.74 Å². The molecule has 0 aliphatic carbocycles. The monoisotopic (exact) mass is 425 g/mol. The summed E-state index contributed by atoms with van der Waals surface area (Å²) in [6, 6.07) is 9.46. The fourth-order valence-electron chi connectivity index (χ4n) is 2.37. The first kappa shape index (κ1) is 23.3. The van der Waals surface area contributed by atoms with Gasteiger partial charge in [-0.05, 0) is 51.1 Å². The molecule has 162 valence electrons. The number of rotatable bonds is 5. The fourth-order valence-corrected chi connectivity index (χ4v) is 2.37. The topological polar surface area (TPSA) is 99.7 Å². The minimum Gasteiger partial charge on any atom is -0.443 e. The largest absolute Gasteiger partial charge is 0.443 e. The van der Waals surface area contributed by atoms with Crippen LogP contribution in [0.3, 0.4) is 0 Å². The van der Waals surface area contributed by atoms with Crippen LogP contribution in [0.1, 0.15) is 32.0 Å². The van der Waals surface area contributed by atoms with E-state index in [1.807, 2.05) is 6.07 Å². The van der Waals surface area contributed by atoms with Crippen LogP contribution in [-0.2, 0) is 9.53 Å². The van der Waals surface area contributed by atoms with Gasteiger partial charge in [-0.3, -0.25) is 9.36 Å². The number of nitriles is 1. The number of hydrogen-bond acceptors (Lipinski definition) is 5. The maximum absolute atomic E-state index is 14.5. The number of anilines is 1. The standard InChI is InChI=1S/C22H24FN5O3/c1-22(2,3)31-21(30)28-10-6-7-17(28)12-18(23)20(29)26-16-8-9-19(15(11-16)13-24)25-14-27(4)5/h6-12,14H,1-5H3,(H,26,29)/b18-12-,25-14?. The minimum absolute atomic E-state index is 0.146. The van der Waals surface area contributed by atoms with Crippen molar-refractivity contribution in [1.29, 1.82) is 5.26 Å². The first-order chi connectivity index (χ1) is 14.5. The van der Waals surface area contributed by atoms with Crippen molar-refractivity contribution in [3.63, 3.8) is 0 Å². The molecular weight excluding hydrogens is 401 g/mol. The number of benzene rings is 1. The summed E-state index contributed by atoms with van der Waals surface area (Å²) in [5.74, 6) is -2.14. The van der Waals surface area contributed by atoms with Crippen molar-refractivity contribution in [1.82, 2.24) is 9.47 Å². The van der Waals surface area contributed by atoms with E-state index in [9.17, 15) is 19.2 Å². The fraction of sp³-hybridized carbons (Fsp3) is 0.273. The van der Waals surface area contributed by atoms with Gasteiger partial charge in [-0.25, -0.2) is 14.2 Å². The highest BCUT2D eigenvalue weighted by molar-refractivity contribution is 6.05. The number of halogens is 1. The molecule has 1 N–H and O–H groups in total. The molecule has 0 aliphatic rings. The van der Waals surface area contributed by atoms with Gasteiger partial charge in [0.25, 0.3) is 5.91 Å². The van der Waals surface area contributed by atoms with Crippen molar-refractivity contribution < 1.29 is 18.7 Å². The number of hydrogen-bond donors (Lipinski definition) is 1. The molecule has 0 saturated carbocycles. The summed E-state index contributed by atoms with van der Waals surface area (Å²) in [4.78, 5) is 30.4. The van der Waals surface area contributed by atoms with E-state index in [2.05, 4.69) is 10.3 Å². The highest BCUT2D eigenvalue weighted by atomic mass is 19.1. The molecule has 1 aromatic carbocycles. The molecule has 0 spiro atoms. The van der Waals surface area contributed by atoms with E-state index >= 15 is 0 Å². The van der Waals surface area contributed by atoms with Crippen molar-refractivity contribution in [2.45, 2.75) is 26.4 Å². The van der Waals surface area contributed by atoms with Gasteiger partial charge in [-0.1, -0.05) is 0 Å². The van der Waals surface area contributed by atoms with Crippen LogP contribution in [0, 0.1) is 11.3 Å². The van der Waals surface area contributed by atoms with Gasteiger partial charge in [0.15, 0.2) is 5.83 Å². The van der Waals surface area contributed by atoms with E-state index in [0.29, 0.717) is 5.69 Å². The summed E-state index contributed by atoms with van der Waals surface area (Å²) >= 11 is 0. The maximum Gasteiger partial charge on any atom is 0.418 e. The molecule has 1 amide bonds. The zero-order valence-corrected chi connectivity index (χ0v) is 18.0. The van der Waals surface area contributed by atoms with Crippen molar-refractivity contribution in [3.8, 4) is 6.07 Å². The summed E-state index contributed by atoms with van der Waals surface area (Å²) in [5.41, 5.74) is 0.295. The van der Waals surface area contributed by atoms with Gasteiger partial charge in [0.1, 0.15) is 11.7 Å². The lowest BCUT2D eigenvalue weighted by atomic mass is 10.1. The molecule has 0 saturated heterocycles. The third-order valence-electron chi connectivity index (χ3n) is 3.66. The average molecular weight is 425 g/mol. The maximum atomic E-state index is 14.5. The number of nitrogens with one attached hydrogen (secondary N) is 1. The van der Waals surface area contributed by atoms with Crippen LogP contribution in [0.25, 0.3) is 6.08 Å². The third-order valence-corrected chi connectivity index (χ3v) is 3.66. The van der Waals surface area contributed by atoms with Crippen molar-refractivity contribution >= 4 is 35.8 Å². The Balaban J connectivity index is 2.19. The molecular formula is C22H24FN5O3. The molecule has 0 atom stereocenters. The molecule has 31 heavy (non-hydrogen) atoms. The number of aromatic nitrogens is 1. The van der Waals surface area contributed by atoms with Gasteiger partial charge in [-0.2, -0.15) is 5.26 Å². The summed E-state index contributed by atoms with van der Waals surface area (Å²) in [6.07, 6.45) is 3.19. The van der Waals surface area contributed by atoms with Gasteiger partial charge in [0.2, 0.25) is 0 Å². The smallest absolute Gasteiger partial charge is 0.418 e. The van der Waals surface area contributed by atoms with Crippen LogP contribution < -0.4 is 5.32 Å². The number of aliphatic imine (C=N–C) groups is 1. The van der Waals surface area contributed by atoms with E-state index in [1.54, 1.807) is 45.8 Å². The Kier molecular flexibility index (Phi) is 7.32. The average Bonchev–Trinajstić information content (AvgIpc) is 3.13. The van der Waals surface area contributed by atoms with E-state index < -0.39 is 23.4 Å². The Bertz CT molecular complexity index is 1070. The summed E-state index contributed by atoms with van der Waals surface area (Å²) in [7, 11) is 3.58. The second-order valence-electron chi connectivity index (χ2n) is 7.78. The quantitative estimate of drug-likeness (QED) is 0.437. The first-order valence-corrected chi connectivity index (χ1v) is 9.34. The van der Waals surface area contributed by atoms with Gasteiger partial charge < -0.3 is 15.0 Å². The molecule has 0 radical (unpaired) electrons. The Morgan fingerprint density at radius 1 is 1.29 bits per heavy atom. The molecule has 2 rings (SSSR count). The van der Waals surface area contributed by atoms with Gasteiger partial charge in [-0.15, -0.1) is 0 Å². The Morgan fingerprint density at radius 2 is 2.00 bits per heavy atom.